The molecule has 1 heterocycles. The molecule has 0 radical (unpaired) electrons. The number of nitrogens with one attached hydrogen (secondary N) is 1. The van der Waals surface area contributed by atoms with Crippen molar-refractivity contribution in [1.82, 2.24) is 4.98 Å². The largest absolute Gasteiger partial charge is 0.497 e. The first-order valence-electron chi connectivity index (χ1n) is 6.02. The van der Waals surface area contributed by atoms with Gasteiger partial charge in [-0.15, -0.1) is 0 Å². The van der Waals surface area contributed by atoms with Gasteiger partial charge in [0.1, 0.15) is 5.75 Å². The molecule has 0 aliphatic heterocycles. The fourth-order valence-corrected chi connectivity index (χ4v) is 2.47. The molecular formula is C13H17N3O2S. The molecule has 2 rings (SSSR count). The normalized spacial score (nSPS) is 12.7. The minimum atomic E-state index is -0.526. The third-order valence-electron chi connectivity index (χ3n) is 2.85. The monoisotopic (exact) mass is 279 g/mol. The van der Waals surface area contributed by atoms with Crippen molar-refractivity contribution in [1.29, 1.82) is 0 Å². The molecule has 2 aromatic rings. The number of nitrogens with two attached hydrogens (primary N) is 1. The van der Waals surface area contributed by atoms with Crippen molar-refractivity contribution in [3.8, 4) is 5.75 Å². The smallest absolute Gasteiger partial charge is 0.243 e. The zero-order chi connectivity index (χ0) is 14.0. The second-order valence-corrected chi connectivity index (χ2v) is 5.64. The molecule has 1 amide bonds. The molecule has 102 valence electrons. The number of nitrogens with zero attached hydrogens (tertiary/aromatic N) is 1. The molecule has 1 aromatic heterocycles. The fourth-order valence-electron chi connectivity index (χ4n) is 1.58. The Labute approximate surface area is 115 Å². The maximum absolute atomic E-state index is 11.9. The lowest BCUT2D eigenvalue weighted by molar-refractivity contribution is -0.118. The second kappa shape index (κ2) is 5.54. The predicted octanol–water partition coefficient (Wildman–Crippen LogP) is 2.23. The Bertz CT molecular complexity index is 595. The van der Waals surface area contributed by atoms with Crippen LogP contribution in [-0.2, 0) is 4.79 Å². The maximum atomic E-state index is 11.9. The van der Waals surface area contributed by atoms with E-state index in [1.54, 1.807) is 7.11 Å². The summed E-state index contributed by atoms with van der Waals surface area (Å²) in [6.45, 7) is 3.82. The van der Waals surface area contributed by atoms with E-state index in [1.165, 1.54) is 11.3 Å². The van der Waals surface area contributed by atoms with Crippen molar-refractivity contribution >= 4 is 32.6 Å². The summed E-state index contributed by atoms with van der Waals surface area (Å²) in [6.07, 6.45) is 0. The summed E-state index contributed by atoms with van der Waals surface area (Å²) < 4.78 is 6.12. The number of ether oxygens (including phenoxy) is 1. The van der Waals surface area contributed by atoms with Crippen LogP contribution in [0.3, 0.4) is 0 Å². The van der Waals surface area contributed by atoms with E-state index in [2.05, 4.69) is 10.3 Å². The summed E-state index contributed by atoms with van der Waals surface area (Å²) in [5, 5.41) is 3.31. The van der Waals surface area contributed by atoms with Gasteiger partial charge >= 0.3 is 0 Å². The van der Waals surface area contributed by atoms with Gasteiger partial charge < -0.3 is 15.8 Å². The first-order valence-corrected chi connectivity index (χ1v) is 6.84. The molecular weight excluding hydrogens is 262 g/mol. The van der Waals surface area contributed by atoms with E-state index >= 15 is 0 Å². The standard InChI is InChI=1S/C13H17N3O2S/c1-7(2)11(14)12(17)16-13-15-9-5-4-8(18-3)6-10(9)19-13/h4-7,11H,14H2,1-3H3,(H,15,16,17)/t11-/m0/s1. The van der Waals surface area contributed by atoms with E-state index < -0.39 is 6.04 Å². The van der Waals surface area contributed by atoms with E-state index in [0.29, 0.717) is 5.13 Å². The SMILES string of the molecule is COc1ccc2nc(NC(=O)[C@@H](N)C(C)C)sc2c1. The van der Waals surface area contributed by atoms with Crippen LogP contribution >= 0.6 is 11.3 Å². The van der Waals surface area contributed by atoms with Gasteiger partial charge in [0.2, 0.25) is 5.91 Å². The third-order valence-corrected chi connectivity index (χ3v) is 3.78. The van der Waals surface area contributed by atoms with Crippen LogP contribution in [0, 0.1) is 5.92 Å². The van der Waals surface area contributed by atoms with Gasteiger partial charge in [-0.1, -0.05) is 25.2 Å². The summed E-state index contributed by atoms with van der Waals surface area (Å²) in [5.74, 6) is 0.656. The van der Waals surface area contributed by atoms with Crippen LogP contribution in [0.1, 0.15) is 13.8 Å². The van der Waals surface area contributed by atoms with Crippen LogP contribution in [0.5, 0.6) is 5.75 Å². The topological polar surface area (TPSA) is 77.2 Å². The summed E-state index contributed by atoms with van der Waals surface area (Å²) in [6, 6.07) is 5.07. The Balaban J connectivity index is 2.20. The van der Waals surface area contributed by atoms with Gasteiger partial charge in [0.05, 0.1) is 23.4 Å². The number of carbonyl (C=O) groups excluding carboxylic acids is 1. The van der Waals surface area contributed by atoms with Gasteiger partial charge in [0.15, 0.2) is 5.13 Å². The summed E-state index contributed by atoms with van der Waals surface area (Å²) in [4.78, 5) is 16.2. The maximum Gasteiger partial charge on any atom is 0.243 e. The van der Waals surface area contributed by atoms with E-state index in [0.717, 1.165) is 16.0 Å². The minimum Gasteiger partial charge on any atom is -0.497 e. The fraction of sp³-hybridized carbons (Fsp3) is 0.385. The van der Waals surface area contributed by atoms with Gasteiger partial charge in [-0.3, -0.25) is 4.79 Å². The average Bonchev–Trinajstić information content (AvgIpc) is 2.78. The molecule has 0 unspecified atom stereocenters. The average molecular weight is 279 g/mol. The number of methoxy groups -OCH3 is 1. The van der Waals surface area contributed by atoms with Crippen LogP contribution in [0.25, 0.3) is 10.2 Å². The van der Waals surface area contributed by atoms with Crippen molar-refractivity contribution in [2.75, 3.05) is 12.4 Å². The van der Waals surface area contributed by atoms with Crippen LogP contribution in [0.2, 0.25) is 0 Å². The molecule has 0 saturated carbocycles. The van der Waals surface area contributed by atoms with Crippen molar-refractivity contribution in [3.63, 3.8) is 0 Å². The Kier molecular flexibility index (Phi) is 4.01. The predicted molar refractivity (Wildman–Crippen MR) is 77.6 cm³/mol. The van der Waals surface area contributed by atoms with Gasteiger partial charge in [-0.2, -0.15) is 0 Å². The Morgan fingerprint density at radius 1 is 1.47 bits per heavy atom. The highest BCUT2D eigenvalue weighted by molar-refractivity contribution is 7.22. The molecule has 5 nitrogen and oxygen atoms in total. The van der Waals surface area contributed by atoms with E-state index in [9.17, 15) is 4.79 Å². The zero-order valence-electron chi connectivity index (χ0n) is 11.1. The molecule has 0 bridgehead atoms. The highest BCUT2D eigenvalue weighted by Crippen LogP contribution is 2.29. The molecule has 3 N–H and O–H groups in total. The number of fused-ring (bicyclic) bond motifs is 1. The van der Waals surface area contributed by atoms with Crippen molar-refractivity contribution in [2.45, 2.75) is 19.9 Å². The van der Waals surface area contributed by atoms with E-state index in [1.807, 2.05) is 32.0 Å². The molecule has 0 aliphatic rings. The number of amides is 1. The lowest BCUT2D eigenvalue weighted by atomic mass is 10.1. The number of hydrogen-bond acceptors (Lipinski definition) is 5. The Hall–Kier alpha value is -1.66. The molecule has 19 heavy (non-hydrogen) atoms. The molecule has 0 saturated heterocycles. The molecule has 0 spiro atoms. The van der Waals surface area contributed by atoms with Crippen LogP contribution < -0.4 is 15.8 Å². The summed E-state index contributed by atoms with van der Waals surface area (Å²) in [7, 11) is 1.62. The first-order chi connectivity index (χ1) is 9.01. The first kappa shape index (κ1) is 13.8. The zero-order valence-corrected chi connectivity index (χ0v) is 12.0. The van der Waals surface area contributed by atoms with Gasteiger partial charge in [-0.25, -0.2) is 4.98 Å². The second-order valence-electron chi connectivity index (χ2n) is 4.61. The minimum absolute atomic E-state index is 0.0921. The molecule has 1 aromatic carbocycles. The molecule has 0 aliphatic carbocycles. The number of carbonyl (C=O) groups is 1. The van der Waals surface area contributed by atoms with Crippen molar-refractivity contribution in [3.05, 3.63) is 18.2 Å². The van der Waals surface area contributed by atoms with Crippen LogP contribution in [0.15, 0.2) is 18.2 Å². The number of benzene rings is 1. The van der Waals surface area contributed by atoms with Crippen LogP contribution in [-0.4, -0.2) is 24.0 Å². The van der Waals surface area contributed by atoms with Crippen molar-refractivity contribution in [2.24, 2.45) is 11.7 Å². The Morgan fingerprint density at radius 2 is 2.21 bits per heavy atom. The van der Waals surface area contributed by atoms with Gasteiger partial charge in [0, 0.05) is 0 Å². The highest BCUT2D eigenvalue weighted by Gasteiger charge is 2.18. The number of anilines is 1. The Morgan fingerprint density at radius 3 is 2.84 bits per heavy atom. The quantitative estimate of drug-likeness (QED) is 0.899. The van der Waals surface area contributed by atoms with Crippen LogP contribution in [0.4, 0.5) is 5.13 Å². The number of rotatable bonds is 4. The van der Waals surface area contributed by atoms with Crippen molar-refractivity contribution < 1.29 is 9.53 Å². The molecule has 6 heteroatoms. The van der Waals surface area contributed by atoms with Gasteiger partial charge in [-0.05, 0) is 24.1 Å². The summed E-state index contributed by atoms with van der Waals surface area (Å²) >= 11 is 1.41. The third kappa shape index (κ3) is 3.02. The highest BCUT2D eigenvalue weighted by atomic mass is 32.1. The molecule has 0 fully saturated rings. The van der Waals surface area contributed by atoms with E-state index in [-0.39, 0.29) is 11.8 Å². The number of hydrogen-bond donors (Lipinski definition) is 2. The lowest BCUT2D eigenvalue weighted by Crippen LogP contribution is -2.39. The lowest BCUT2D eigenvalue weighted by Gasteiger charge is -2.13. The van der Waals surface area contributed by atoms with Gasteiger partial charge in [0.25, 0.3) is 0 Å². The number of aromatic nitrogens is 1. The molecule has 1 atom stereocenters. The summed E-state index contributed by atoms with van der Waals surface area (Å²) in [5.41, 5.74) is 6.63. The number of thiazole rings is 1. The van der Waals surface area contributed by atoms with E-state index in [4.69, 9.17) is 10.5 Å².